The van der Waals surface area contributed by atoms with Crippen molar-refractivity contribution in [3.63, 3.8) is 0 Å². The second kappa shape index (κ2) is 4.29. The molecule has 3 atom stereocenters. The molecule has 2 saturated heterocycles. The molecule has 0 aromatic heterocycles. The molecule has 1 aliphatic carbocycles. The average Bonchev–Trinajstić information content (AvgIpc) is 2.54. The van der Waals surface area contributed by atoms with E-state index in [0.717, 1.165) is 32.1 Å². The molecule has 0 N–H and O–H groups in total. The SMILES string of the molecule is CO[C@]12CC(C)(C)CC[C@@]3(CCCCC[C@@H]3C1=O)O2. The minimum Gasteiger partial charge on any atom is -0.347 e. The molecule has 0 aromatic rings. The highest BCUT2D eigenvalue weighted by Gasteiger charge is 2.65. The predicted octanol–water partition coefficient (Wildman–Crippen LogP) is 3.46. The van der Waals surface area contributed by atoms with Crippen molar-refractivity contribution in [2.75, 3.05) is 7.11 Å². The van der Waals surface area contributed by atoms with Crippen LogP contribution in [0.5, 0.6) is 0 Å². The van der Waals surface area contributed by atoms with Crippen molar-refractivity contribution in [3.05, 3.63) is 0 Å². The molecule has 19 heavy (non-hydrogen) atoms. The molecule has 0 aromatic carbocycles. The molecule has 0 amide bonds. The monoisotopic (exact) mass is 266 g/mol. The molecule has 2 bridgehead atoms. The Labute approximate surface area is 116 Å². The highest BCUT2D eigenvalue weighted by atomic mass is 16.7. The van der Waals surface area contributed by atoms with Gasteiger partial charge in [0, 0.05) is 13.5 Å². The molecule has 1 spiro atoms. The van der Waals surface area contributed by atoms with Crippen molar-refractivity contribution in [1.29, 1.82) is 0 Å². The van der Waals surface area contributed by atoms with Gasteiger partial charge in [0.15, 0.2) is 5.78 Å². The number of carbonyl (C=O) groups excluding carboxylic acids is 1. The third kappa shape index (κ3) is 1.97. The van der Waals surface area contributed by atoms with Crippen molar-refractivity contribution >= 4 is 5.78 Å². The van der Waals surface area contributed by atoms with Crippen LogP contribution in [0.1, 0.15) is 65.2 Å². The van der Waals surface area contributed by atoms with Crippen LogP contribution in [0.2, 0.25) is 0 Å². The second-order valence-electron chi connectivity index (χ2n) is 7.48. The fraction of sp³-hybridized carbons (Fsp3) is 0.938. The number of fused-ring (bicyclic) bond motifs is 1. The zero-order valence-corrected chi connectivity index (χ0v) is 12.5. The fourth-order valence-electron chi connectivity index (χ4n) is 4.48. The lowest BCUT2D eigenvalue weighted by molar-refractivity contribution is -0.238. The van der Waals surface area contributed by atoms with E-state index < -0.39 is 5.79 Å². The zero-order valence-electron chi connectivity index (χ0n) is 12.5. The summed E-state index contributed by atoms with van der Waals surface area (Å²) in [5, 5.41) is 0. The summed E-state index contributed by atoms with van der Waals surface area (Å²) in [4.78, 5) is 12.9. The zero-order chi connectivity index (χ0) is 13.7. The third-order valence-corrected chi connectivity index (χ3v) is 5.55. The van der Waals surface area contributed by atoms with Crippen LogP contribution < -0.4 is 0 Å². The van der Waals surface area contributed by atoms with E-state index >= 15 is 0 Å². The first-order valence-electron chi connectivity index (χ1n) is 7.73. The van der Waals surface area contributed by atoms with Crippen molar-refractivity contribution in [1.82, 2.24) is 0 Å². The largest absolute Gasteiger partial charge is 0.347 e. The Kier molecular flexibility index (Phi) is 3.06. The molecule has 2 heterocycles. The molecule has 3 rings (SSSR count). The number of rotatable bonds is 1. The van der Waals surface area contributed by atoms with Gasteiger partial charge in [-0.15, -0.1) is 0 Å². The van der Waals surface area contributed by atoms with Gasteiger partial charge in [-0.2, -0.15) is 0 Å². The summed E-state index contributed by atoms with van der Waals surface area (Å²) in [6.07, 6.45) is 8.44. The maximum absolute atomic E-state index is 12.9. The van der Waals surface area contributed by atoms with Gasteiger partial charge in [-0.1, -0.05) is 33.1 Å². The van der Waals surface area contributed by atoms with Gasteiger partial charge >= 0.3 is 0 Å². The number of Topliss-reactive ketones (excluding diaryl/α,β-unsaturated/α-hetero) is 1. The summed E-state index contributed by atoms with van der Waals surface area (Å²) in [7, 11) is 1.64. The van der Waals surface area contributed by atoms with E-state index in [-0.39, 0.29) is 22.7 Å². The third-order valence-electron chi connectivity index (χ3n) is 5.55. The van der Waals surface area contributed by atoms with Crippen LogP contribution in [-0.4, -0.2) is 24.3 Å². The number of carbonyl (C=O) groups is 1. The van der Waals surface area contributed by atoms with Crippen LogP contribution in [0.3, 0.4) is 0 Å². The van der Waals surface area contributed by atoms with Crippen molar-refractivity contribution in [2.45, 2.75) is 76.6 Å². The van der Waals surface area contributed by atoms with Crippen molar-refractivity contribution in [3.8, 4) is 0 Å². The molecular formula is C16H26O3. The van der Waals surface area contributed by atoms with E-state index in [0.29, 0.717) is 6.42 Å². The molecule has 2 aliphatic heterocycles. The molecule has 3 nitrogen and oxygen atoms in total. The van der Waals surface area contributed by atoms with Crippen molar-refractivity contribution in [2.24, 2.45) is 11.3 Å². The van der Waals surface area contributed by atoms with E-state index in [2.05, 4.69) is 13.8 Å². The molecule has 3 aliphatic rings. The van der Waals surface area contributed by atoms with Crippen LogP contribution in [0.25, 0.3) is 0 Å². The highest BCUT2D eigenvalue weighted by molar-refractivity contribution is 5.91. The minimum absolute atomic E-state index is 0.0750. The lowest BCUT2D eigenvalue weighted by Gasteiger charge is -2.33. The minimum atomic E-state index is -0.956. The molecule has 108 valence electrons. The van der Waals surface area contributed by atoms with E-state index in [9.17, 15) is 4.79 Å². The van der Waals surface area contributed by atoms with Gasteiger partial charge in [0.25, 0.3) is 0 Å². The summed E-state index contributed by atoms with van der Waals surface area (Å²) in [5.74, 6) is -0.655. The Morgan fingerprint density at radius 2 is 1.95 bits per heavy atom. The summed E-state index contributed by atoms with van der Waals surface area (Å²) < 4.78 is 12.1. The highest BCUT2D eigenvalue weighted by Crippen LogP contribution is 2.56. The lowest BCUT2D eigenvalue weighted by Crippen LogP contribution is -2.43. The van der Waals surface area contributed by atoms with E-state index in [4.69, 9.17) is 9.47 Å². The summed E-state index contributed by atoms with van der Waals surface area (Å²) >= 11 is 0. The van der Waals surface area contributed by atoms with Crippen LogP contribution in [0.4, 0.5) is 0 Å². The Morgan fingerprint density at radius 1 is 1.16 bits per heavy atom. The first-order valence-corrected chi connectivity index (χ1v) is 7.73. The van der Waals surface area contributed by atoms with Gasteiger partial charge in [0.1, 0.15) is 0 Å². The summed E-state index contributed by atoms with van der Waals surface area (Å²) in [5.41, 5.74) is -0.107. The number of ketones is 1. The van der Waals surface area contributed by atoms with Gasteiger partial charge in [0.2, 0.25) is 5.79 Å². The second-order valence-corrected chi connectivity index (χ2v) is 7.48. The van der Waals surface area contributed by atoms with E-state index in [1.54, 1.807) is 7.11 Å². The normalized spacial score (nSPS) is 45.4. The lowest BCUT2D eigenvalue weighted by atomic mass is 9.70. The van der Waals surface area contributed by atoms with E-state index in [1.165, 1.54) is 12.8 Å². The van der Waals surface area contributed by atoms with Gasteiger partial charge in [0.05, 0.1) is 11.5 Å². The molecule has 3 fully saturated rings. The van der Waals surface area contributed by atoms with Crippen molar-refractivity contribution < 1.29 is 14.3 Å². The number of hydrogen-bond donors (Lipinski definition) is 0. The predicted molar refractivity (Wildman–Crippen MR) is 72.8 cm³/mol. The summed E-state index contributed by atoms with van der Waals surface area (Å²) in [6.45, 7) is 4.46. The first kappa shape index (κ1) is 13.6. The first-order chi connectivity index (χ1) is 8.93. The maximum atomic E-state index is 12.9. The van der Waals surface area contributed by atoms with Crippen LogP contribution in [0.15, 0.2) is 0 Å². The van der Waals surface area contributed by atoms with Gasteiger partial charge < -0.3 is 9.47 Å². The Bertz CT molecular complexity index is 389. The Morgan fingerprint density at radius 3 is 2.68 bits per heavy atom. The average molecular weight is 266 g/mol. The van der Waals surface area contributed by atoms with Gasteiger partial charge in [-0.25, -0.2) is 0 Å². The smallest absolute Gasteiger partial charge is 0.230 e. The van der Waals surface area contributed by atoms with E-state index in [1.807, 2.05) is 0 Å². The van der Waals surface area contributed by atoms with Crippen LogP contribution in [-0.2, 0) is 14.3 Å². The topological polar surface area (TPSA) is 35.5 Å². The fourth-order valence-corrected chi connectivity index (χ4v) is 4.48. The quantitative estimate of drug-likeness (QED) is 0.729. The van der Waals surface area contributed by atoms with Gasteiger partial charge in [-0.3, -0.25) is 4.79 Å². The number of ether oxygens (including phenoxy) is 2. The van der Waals surface area contributed by atoms with Gasteiger partial charge in [-0.05, 0) is 31.1 Å². The Balaban J connectivity index is 2.03. The molecular weight excluding hydrogens is 240 g/mol. The summed E-state index contributed by atoms with van der Waals surface area (Å²) in [6, 6.07) is 0. The maximum Gasteiger partial charge on any atom is 0.230 e. The number of methoxy groups -OCH3 is 1. The van der Waals surface area contributed by atoms with Crippen LogP contribution in [0, 0.1) is 11.3 Å². The molecule has 0 unspecified atom stereocenters. The number of hydrogen-bond acceptors (Lipinski definition) is 3. The molecule has 1 saturated carbocycles. The van der Waals surface area contributed by atoms with Crippen LogP contribution >= 0.6 is 0 Å². The Hall–Kier alpha value is -0.410. The standard InChI is InChI=1S/C16H26O3/c1-14(2)9-10-15-8-6-4-5-7-12(15)13(17)16(11-14,18-3)19-15/h12H,4-11H2,1-3H3/t12-,15-,16+/m1/s1. The molecule has 0 radical (unpaired) electrons. The molecule has 3 heteroatoms.